The Morgan fingerprint density at radius 2 is 2.11 bits per heavy atom. The number of ketones is 1. The minimum absolute atomic E-state index is 0.0426. The Hall–Kier alpha value is -1.74. The van der Waals surface area contributed by atoms with Crippen molar-refractivity contribution in [1.82, 2.24) is 4.98 Å². The van der Waals surface area contributed by atoms with Crippen LogP contribution in [0.25, 0.3) is 0 Å². The summed E-state index contributed by atoms with van der Waals surface area (Å²) in [6, 6.07) is 7.81. The first kappa shape index (κ1) is 12.7. The normalized spacial score (nSPS) is 10.4. The Morgan fingerprint density at radius 1 is 1.33 bits per heavy atom. The number of hydrogen-bond acceptors (Lipinski definition) is 2. The van der Waals surface area contributed by atoms with E-state index >= 15 is 0 Å². The molecule has 0 radical (unpaired) electrons. The fourth-order valence-electron chi connectivity index (χ4n) is 1.62. The number of carbonyl (C=O) groups is 1. The lowest BCUT2D eigenvalue weighted by Gasteiger charge is -2.04. The molecule has 0 saturated heterocycles. The summed E-state index contributed by atoms with van der Waals surface area (Å²) in [5.74, 6) is -0.964. The minimum atomic E-state index is -0.598. The molecule has 1 aromatic carbocycles. The van der Waals surface area contributed by atoms with Crippen LogP contribution in [0, 0.1) is 12.7 Å². The van der Waals surface area contributed by atoms with Crippen LogP contribution in [0.2, 0.25) is 5.02 Å². The number of rotatable bonds is 3. The van der Waals surface area contributed by atoms with Crippen molar-refractivity contribution in [2.45, 2.75) is 13.3 Å². The zero-order valence-corrected chi connectivity index (χ0v) is 10.5. The summed E-state index contributed by atoms with van der Waals surface area (Å²) in [5, 5.41) is 0.132. The molecule has 0 bridgehead atoms. The van der Waals surface area contributed by atoms with Gasteiger partial charge >= 0.3 is 0 Å². The van der Waals surface area contributed by atoms with Gasteiger partial charge < -0.3 is 0 Å². The summed E-state index contributed by atoms with van der Waals surface area (Å²) in [6.45, 7) is 1.91. The number of pyridine rings is 1. The third-order valence-corrected chi connectivity index (χ3v) is 2.87. The van der Waals surface area contributed by atoms with Gasteiger partial charge in [0.15, 0.2) is 5.78 Å². The van der Waals surface area contributed by atoms with Crippen molar-refractivity contribution >= 4 is 17.4 Å². The van der Waals surface area contributed by atoms with E-state index in [1.54, 1.807) is 12.3 Å². The number of nitrogens with zero attached hydrogens (tertiary/aromatic N) is 1. The van der Waals surface area contributed by atoms with E-state index < -0.39 is 5.82 Å². The number of aryl methyl sites for hydroxylation is 1. The van der Waals surface area contributed by atoms with Crippen molar-refractivity contribution in [2.75, 3.05) is 0 Å². The zero-order valence-electron chi connectivity index (χ0n) is 9.78. The maximum absolute atomic E-state index is 13.5. The van der Waals surface area contributed by atoms with E-state index in [0.29, 0.717) is 5.69 Å². The lowest BCUT2D eigenvalue weighted by atomic mass is 10.1. The fraction of sp³-hybridized carbons (Fsp3) is 0.143. The van der Waals surface area contributed by atoms with Crippen molar-refractivity contribution in [2.24, 2.45) is 0 Å². The SMILES string of the molecule is Cc1ccc(CC(=O)c2c(F)cccc2Cl)nc1. The molecule has 0 N–H and O–H groups in total. The van der Waals surface area contributed by atoms with E-state index in [-0.39, 0.29) is 22.8 Å². The van der Waals surface area contributed by atoms with Gasteiger partial charge in [0, 0.05) is 11.9 Å². The molecule has 0 unspecified atom stereocenters. The Kier molecular flexibility index (Phi) is 3.72. The van der Waals surface area contributed by atoms with E-state index in [2.05, 4.69) is 4.98 Å². The van der Waals surface area contributed by atoms with Gasteiger partial charge in [0.1, 0.15) is 5.82 Å². The van der Waals surface area contributed by atoms with Crippen molar-refractivity contribution < 1.29 is 9.18 Å². The molecular formula is C14H11ClFNO. The van der Waals surface area contributed by atoms with Crippen LogP contribution in [0.15, 0.2) is 36.5 Å². The van der Waals surface area contributed by atoms with Crippen LogP contribution in [-0.4, -0.2) is 10.8 Å². The highest BCUT2D eigenvalue weighted by Crippen LogP contribution is 2.20. The van der Waals surface area contributed by atoms with Crippen LogP contribution < -0.4 is 0 Å². The highest BCUT2D eigenvalue weighted by Gasteiger charge is 2.16. The largest absolute Gasteiger partial charge is 0.294 e. The van der Waals surface area contributed by atoms with Gasteiger partial charge in [-0.25, -0.2) is 4.39 Å². The maximum atomic E-state index is 13.5. The van der Waals surface area contributed by atoms with Gasteiger partial charge in [-0.15, -0.1) is 0 Å². The monoisotopic (exact) mass is 263 g/mol. The molecule has 4 heteroatoms. The smallest absolute Gasteiger partial charge is 0.173 e. The van der Waals surface area contributed by atoms with Crippen molar-refractivity contribution in [3.8, 4) is 0 Å². The lowest BCUT2D eigenvalue weighted by Crippen LogP contribution is -2.08. The van der Waals surface area contributed by atoms with Crippen LogP contribution in [0.4, 0.5) is 4.39 Å². The van der Waals surface area contributed by atoms with Crippen LogP contribution >= 0.6 is 11.6 Å². The van der Waals surface area contributed by atoms with Gasteiger partial charge in [-0.2, -0.15) is 0 Å². The fourth-order valence-corrected chi connectivity index (χ4v) is 1.89. The van der Waals surface area contributed by atoms with Gasteiger partial charge in [-0.05, 0) is 30.7 Å². The molecule has 0 aliphatic rings. The molecule has 0 saturated carbocycles. The molecule has 1 heterocycles. The molecule has 0 amide bonds. The Bertz CT molecular complexity index is 561. The number of hydrogen-bond donors (Lipinski definition) is 0. The molecule has 2 rings (SSSR count). The Balaban J connectivity index is 2.25. The summed E-state index contributed by atoms with van der Waals surface area (Å²) in [6.07, 6.45) is 1.71. The number of aromatic nitrogens is 1. The maximum Gasteiger partial charge on any atom is 0.173 e. The third-order valence-electron chi connectivity index (χ3n) is 2.56. The van der Waals surface area contributed by atoms with Gasteiger partial charge in [0.25, 0.3) is 0 Å². The summed E-state index contributed by atoms with van der Waals surface area (Å²) < 4.78 is 13.5. The zero-order chi connectivity index (χ0) is 13.1. The van der Waals surface area contributed by atoms with Gasteiger partial charge in [-0.3, -0.25) is 9.78 Å². The number of halogens is 2. The van der Waals surface area contributed by atoms with Gasteiger partial charge in [0.05, 0.1) is 17.0 Å². The molecule has 0 spiro atoms. The first-order chi connectivity index (χ1) is 8.58. The van der Waals surface area contributed by atoms with Crippen LogP contribution in [0.3, 0.4) is 0 Å². The standard InChI is InChI=1S/C14H11ClFNO/c1-9-5-6-10(17-8-9)7-13(18)14-11(15)3-2-4-12(14)16/h2-6,8H,7H2,1H3. The number of benzene rings is 1. The molecular weight excluding hydrogens is 253 g/mol. The van der Waals surface area contributed by atoms with E-state index in [4.69, 9.17) is 11.6 Å². The lowest BCUT2D eigenvalue weighted by molar-refractivity contribution is 0.0988. The predicted molar refractivity (Wildman–Crippen MR) is 68.4 cm³/mol. The average molecular weight is 264 g/mol. The molecule has 18 heavy (non-hydrogen) atoms. The molecule has 92 valence electrons. The molecule has 2 nitrogen and oxygen atoms in total. The molecule has 0 fully saturated rings. The summed E-state index contributed by atoms with van der Waals surface area (Å²) in [4.78, 5) is 16.1. The van der Waals surface area contributed by atoms with Gasteiger partial charge in [-0.1, -0.05) is 23.7 Å². The molecule has 0 aliphatic heterocycles. The summed E-state index contributed by atoms with van der Waals surface area (Å²) in [7, 11) is 0. The second-order valence-corrected chi connectivity index (χ2v) is 4.43. The second kappa shape index (κ2) is 5.27. The Labute approximate surface area is 109 Å². The van der Waals surface area contributed by atoms with E-state index in [0.717, 1.165) is 5.56 Å². The highest BCUT2D eigenvalue weighted by atomic mass is 35.5. The van der Waals surface area contributed by atoms with Crippen molar-refractivity contribution in [1.29, 1.82) is 0 Å². The topological polar surface area (TPSA) is 30.0 Å². The number of Topliss-reactive ketones (excluding diaryl/α,β-unsaturated/α-hetero) is 1. The van der Waals surface area contributed by atoms with E-state index in [9.17, 15) is 9.18 Å². The first-order valence-corrected chi connectivity index (χ1v) is 5.84. The summed E-state index contributed by atoms with van der Waals surface area (Å²) >= 11 is 5.83. The number of carbonyl (C=O) groups excluding carboxylic acids is 1. The molecule has 0 aliphatic carbocycles. The minimum Gasteiger partial charge on any atom is -0.294 e. The van der Waals surface area contributed by atoms with E-state index in [1.807, 2.05) is 13.0 Å². The van der Waals surface area contributed by atoms with Crippen LogP contribution in [-0.2, 0) is 6.42 Å². The van der Waals surface area contributed by atoms with Crippen LogP contribution in [0.5, 0.6) is 0 Å². The molecule has 1 aromatic heterocycles. The Morgan fingerprint density at radius 3 is 2.72 bits per heavy atom. The first-order valence-electron chi connectivity index (χ1n) is 5.46. The second-order valence-electron chi connectivity index (χ2n) is 4.02. The third kappa shape index (κ3) is 2.74. The summed E-state index contributed by atoms with van der Waals surface area (Å²) in [5.41, 5.74) is 1.54. The van der Waals surface area contributed by atoms with Gasteiger partial charge in [0.2, 0.25) is 0 Å². The average Bonchev–Trinajstić information content (AvgIpc) is 2.32. The van der Waals surface area contributed by atoms with E-state index in [1.165, 1.54) is 18.2 Å². The van der Waals surface area contributed by atoms with Crippen LogP contribution in [0.1, 0.15) is 21.6 Å². The van der Waals surface area contributed by atoms with Crippen molar-refractivity contribution in [3.05, 3.63) is 64.2 Å². The van der Waals surface area contributed by atoms with Crippen molar-refractivity contribution in [3.63, 3.8) is 0 Å². The predicted octanol–water partition coefficient (Wildman–Crippen LogP) is 3.61. The highest BCUT2D eigenvalue weighted by molar-refractivity contribution is 6.34. The molecule has 0 atom stereocenters. The molecule has 2 aromatic rings. The quantitative estimate of drug-likeness (QED) is 0.792.